The van der Waals surface area contributed by atoms with E-state index >= 15 is 0 Å². The molecule has 2 aromatic rings. The van der Waals surface area contributed by atoms with Crippen molar-refractivity contribution in [2.75, 3.05) is 13.7 Å². The van der Waals surface area contributed by atoms with Crippen LogP contribution in [0.15, 0.2) is 41.8 Å². The number of ether oxygens (including phenoxy) is 1. The normalized spacial score (nSPS) is 17.4. The molecule has 112 valence electrons. The van der Waals surface area contributed by atoms with E-state index < -0.39 is 6.10 Å². The highest BCUT2D eigenvalue weighted by molar-refractivity contribution is 7.10. The van der Waals surface area contributed by atoms with Gasteiger partial charge in [-0.3, -0.25) is 0 Å². The Labute approximate surface area is 129 Å². The summed E-state index contributed by atoms with van der Waals surface area (Å²) in [5.41, 5.74) is 0.920. The third kappa shape index (κ3) is 3.64. The second kappa shape index (κ2) is 6.60. The Morgan fingerprint density at radius 3 is 2.62 bits per heavy atom. The SMILES string of the molecule is COc1ccc([C@H](O)CN[C@@H](c2cccs2)C2CC2)cc1. The summed E-state index contributed by atoms with van der Waals surface area (Å²) in [6, 6.07) is 12.3. The first-order chi connectivity index (χ1) is 10.3. The molecular formula is C17H21NO2S. The van der Waals surface area contributed by atoms with Gasteiger partial charge in [0, 0.05) is 17.5 Å². The van der Waals surface area contributed by atoms with Gasteiger partial charge in [0.15, 0.2) is 0 Å². The number of aliphatic hydroxyl groups excluding tert-OH is 1. The van der Waals surface area contributed by atoms with E-state index in [0.717, 1.165) is 17.2 Å². The van der Waals surface area contributed by atoms with Crippen molar-refractivity contribution in [1.29, 1.82) is 0 Å². The van der Waals surface area contributed by atoms with Gasteiger partial charge in [-0.15, -0.1) is 11.3 Å². The van der Waals surface area contributed by atoms with Crippen LogP contribution in [0.4, 0.5) is 0 Å². The van der Waals surface area contributed by atoms with Crippen LogP contribution in [0.3, 0.4) is 0 Å². The van der Waals surface area contributed by atoms with Gasteiger partial charge in [-0.1, -0.05) is 18.2 Å². The lowest BCUT2D eigenvalue weighted by Crippen LogP contribution is -2.27. The molecule has 1 aromatic carbocycles. The Balaban J connectivity index is 1.60. The van der Waals surface area contributed by atoms with Gasteiger partial charge < -0.3 is 15.2 Å². The molecule has 1 heterocycles. The predicted octanol–water partition coefficient (Wildman–Crippen LogP) is 3.53. The largest absolute Gasteiger partial charge is 0.497 e. The molecule has 1 aliphatic carbocycles. The highest BCUT2D eigenvalue weighted by Crippen LogP contribution is 2.42. The van der Waals surface area contributed by atoms with Crippen LogP contribution in [0.1, 0.15) is 35.4 Å². The van der Waals surface area contributed by atoms with E-state index in [1.807, 2.05) is 24.3 Å². The van der Waals surface area contributed by atoms with Crippen LogP contribution in [0.25, 0.3) is 0 Å². The molecule has 0 radical (unpaired) electrons. The van der Waals surface area contributed by atoms with E-state index in [1.54, 1.807) is 18.4 Å². The van der Waals surface area contributed by atoms with E-state index in [2.05, 4.69) is 22.8 Å². The standard InChI is InChI=1S/C17H21NO2S/c1-20-14-8-6-12(7-9-14)15(19)11-18-17(13-4-5-13)16-3-2-10-21-16/h2-3,6-10,13,15,17-19H,4-5,11H2,1H3/t15-,17-/m1/s1. The maximum absolute atomic E-state index is 10.3. The Morgan fingerprint density at radius 2 is 2.05 bits per heavy atom. The fourth-order valence-corrected chi connectivity index (χ4v) is 3.47. The molecule has 0 unspecified atom stereocenters. The van der Waals surface area contributed by atoms with Crippen LogP contribution in [0, 0.1) is 5.92 Å². The third-order valence-corrected chi connectivity index (χ3v) is 4.93. The van der Waals surface area contributed by atoms with Gasteiger partial charge in [0.05, 0.1) is 13.2 Å². The topological polar surface area (TPSA) is 41.5 Å². The lowest BCUT2D eigenvalue weighted by atomic mass is 10.1. The first-order valence-corrected chi connectivity index (χ1v) is 8.24. The van der Waals surface area contributed by atoms with Crippen molar-refractivity contribution < 1.29 is 9.84 Å². The molecule has 21 heavy (non-hydrogen) atoms. The minimum atomic E-state index is -0.489. The number of hydrogen-bond donors (Lipinski definition) is 2. The van der Waals surface area contributed by atoms with Crippen molar-refractivity contribution in [3.63, 3.8) is 0 Å². The summed E-state index contributed by atoms with van der Waals surface area (Å²) in [7, 11) is 1.65. The molecule has 0 bridgehead atoms. The number of thiophene rings is 1. The zero-order valence-electron chi connectivity index (χ0n) is 12.2. The number of rotatable bonds is 7. The molecule has 2 N–H and O–H groups in total. The molecule has 0 amide bonds. The monoisotopic (exact) mass is 303 g/mol. The Hall–Kier alpha value is -1.36. The number of methoxy groups -OCH3 is 1. The van der Waals surface area contributed by atoms with Gasteiger partial charge in [-0.25, -0.2) is 0 Å². The van der Waals surface area contributed by atoms with Gasteiger partial charge >= 0.3 is 0 Å². The molecule has 1 aliphatic rings. The lowest BCUT2D eigenvalue weighted by Gasteiger charge is -2.20. The van der Waals surface area contributed by atoms with Crippen molar-refractivity contribution >= 4 is 11.3 Å². The molecule has 1 fully saturated rings. The van der Waals surface area contributed by atoms with Crippen LogP contribution in [0.5, 0.6) is 5.75 Å². The van der Waals surface area contributed by atoms with E-state index in [4.69, 9.17) is 4.74 Å². The number of nitrogens with one attached hydrogen (secondary N) is 1. The smallest absolute Gasteiger partial charge is 0.118 e. The predicted molar refractivity (Wildman–Crippen MR) is 85.7 cm³/mol. The van der Waals surface area contributed by atoms with Gasteiger partial charge in [0.1, 0.15) is 5.75 Å². The van der Waals surface area contributed by atoms with Crippen molar-refractivity contribution in [3.05, 3.63) is 52.2 Å². The van der Waals surface area contributed by atoms with Crippen LogP contribution in [-0.4, -0.2) is 18.8 Å². The average molecular weight is 303 g/mol. The second-order valence-corrected chi connectivity index (χ2v) is 6.51. The van der Waals surface area contributed by atoms with Crippen molar-refractivity contribution in [1.82, 2.24) is 5.32 Å². The summed E-state index contributed by atoms with van der Waals surface area (Å²) >= 11 is 1.79. The quantitative estimate of drug-likeness (QED) is 0.822. The zero-order valence-corrected chi connectivity index (χ0v) is 13.0. The molecule has 3 rings (SSSR count). The summed E-state index contributed by atoms with van der Waals surface area (Å²) < 4.78 is 5.14. The van der Waals surface area contributed by atoms with Gasteiger partial charge in [-0.2, -0.15) is 0 Å². The molecule has 1 aromatic heterocycles. The number of hydrogen-bond acceptors (Lipinski definition) is 4. The van der Waals surface area contributed by atoms with Crippen molar-refractivity contribution in [2.45, 2.75) is 25.0 Å². The minimum Gasteiger partial charge on any atom is -0.497 e. The van der Waals surface area contributed by atoms with Crippen LogP contribution >= 0.6 is 11.3 Å². The fourth-order valence-electron chi connectivity index (χ4n) is 2.58. The second-order valence-electron chi connectivity index (χ2n) is 5.53. The number of aliphatic hydroxyl groups is 1. The van der Waals surface area contributed by atoms with E-state index in [1.165, 1.54) is 17.7 Å². The van der Waals surface area contributed by atoms with Crippen LogP contribution < -0.4 is 10.1 Å². The van der Waals surface area contributed by atoms with Gasteiger partial charge in [-0.05, 0) is 47.9 Å². The summed E-state index contributed by atoms with van der Waals surface area (Å²) in [5.74, 6) is 1.54. The van der Waals surface area contributed by atoms with E-state index in [9.17, 15) is 5.11 Å². The Bertz CT molecular complexity index is 549. The summed E-state index contributed by atoms with van der Waals surface area (Å²) in [5, 5.41) is 16.0. The van der Waals surface area contributed by atoms with Crippen molar-refractivity contribution in [2.24, 2.45) is 5.92 Å². The summed E-state index contributed by atoms with van der Waals surface area (Å²) in [4.78, 5) is 1.37. The molecule has 1 saturated carbocycles. The van der Waals surface area contributed by atoms with Gasteiger partial charge in [0.25, 0.3) is 0 Å². The third-order valence-electron chi connectivity index (χ3n) is 3.97. The lowest BCUT2D eigenvalue weighted by molar-refractivity contribution is 0.168. The highest BCUT2D eigenvalue weighted by Gasteiger charge is 2.32. The van der Waals surface area contributed by atoms with Crippen LogP contribution in [-0.2, 0) is 0 Å². The summed E-state index contributed by atoms with van der Waals surface area (Å²) in [6.45, 7) is 0.575. The molecule has 0 aliphatic heterocycles. The van der Waals surface area contributed by atoms with E-state index in [-0.39, 0.29) is 0 Å². The molecule has 0 spiro atoms. The Morgan fingerprint density at radius 1 is 1.29 bits per heavy atom. The Kier molecular flexibility index (Phi) is 4.58. The molecule has 4 heteroatoms. The maximum Gasteiger partial charge on any atom is 0.118 e. The first-order valence-electron chi connectivity index (χ1n) is 7.36. The first kappa shape index (κ1) is 14.6. The molecular weight excluding hydrogens is 282 g/mol. The molecule has 2 atom stereocenters. The fraction of sp³-hybridized carbons (Fsp3) is 0.412. The number of benzene rings is 1. The van der Waals surface area contributed by atoms with Crippen molar-refractivity contribution in [3.8, 4) is 5.75 Å². The van der Waals surface area contributed by atoms with Crippen LogP contribution in [0.2, 0.25) is 0 Å². The zero-order chi connectivity index (χ0) is 14.7. The average Bonchev–Trinajstić information content (AvgIpc) is 3.21. The highest BCUT2D eigenvalue weighted by atomic mass is 32.1. The van der Waals surface area contributed by atoms with E-state index in [0.29, 0.717) is 12.6 Å². The summed E-state index contributed by atoms with van der Waals surface area (Å²) in [6.07, 6.45) is 2.08. The van der Waals surface area contributed by atoms with Gasteiger partial charge in [0.2, 0.25) is 0 Å². The molecule has 0 saturated heterocycles. The minimum absolute atomic E-state index is 0.387. The maximum atomic E-state index is 10.3. The molecule has 3 nitrogen and oxygen atoms in total.